The van der Waals surface area contributed by atoms with Crippen LogP contribution in [-0.4, -0.2) is 24.6 Å². The van der Waals surface area contributed by atoms with E-state index in [4.69, 9.17) is 0 Å². The number of amides is 2. The van der Waals surface area contributed by atoms with Crippen molar-refractivity contribution in [2.45, 2.75) is 5.75 Å². The van der Waals surface area contributed by atoms with Crippen LogP contribution in [0.5, 0.6) is 0 Å². The van der Waals surface area contributed by atoms with Crippen molar-refractivity contribution in [3.05, 3.63) is 65.7 Å². The second kappa shape index (κ2) is 8.24. The summed E-state index contributed by atoms with van der Waals surface area (Å²) in [6, 6.07) is 16.9. The SMILES string of the molecule is CNC(=O)c1cccc(NC(=O)CSCc2ccccc2)c1. The highest BCUT2D eigenvalue weighted by Gasteiger charge is 2.06. The van der Waals surface area contributed by atoms with Crippen molar-refractivity contribution in [2.24, 2.45) is 0 Å². The monoisotopic (exact) mass is 314 g/mol. The molecule has 0 saturated carbocycles. The molecule has 2 aromatic carbocycles. The van der Waals surface area contributed by atoms with Gasteiger partial charge < -0.3 is 10.6 Å². The molecule has 22 heavy (non-hydrogen) atoms. The lowest BCUT2D eigenvalue weighted by Gasteiger charge is -2.07. The third kappa shape index (κ3) is 4.93. The molecule has 0 unspecified atom stereocenters. The third-order valence-electron chi connectivity index (χ3n) is 2.98. The number of carbonyl (C=O) groups excluding carboxylic acids is 2. The molecule has 0 aliphatic carbocycles. The maximum atomic E-state index is 11.9. The van der Waals surface area contributed by atoms with Crippen LogP contribution in [0.25, 0.3) is 0 Å². The molecule has 0 radical (unpaired) electrons. The van der Waals surface area contributed by atoms with Gasteiger partial charge in [-0.2, -0.15) is 0 Å². The van der Waals surface area contributed by atoms with E-state index in [2.05, 4.69) is 10.6 Å². The summed E-state index contributed by atoms with van der Waals surface area (Å²) < 4.78 is 0. The summed E-state index contributed by atoms with van der Waals surface area (Å²) in [6.07, 6.45) is 0. The minimum atomic E-state index is -0.172. The smallest absolute Gasteiger partial charge is 0.251 e. The number of hydrogen-bond donors (Lipinski definition) is 2. The van der Waals surface area contributed by atoms with Gasteiger partial charge in [0.15, 0.2) is 0 Å². The van der Waals surface area contributed by atoms with Gasteiger partial charge in [-0.3, -0.25) is 9.59 Å². The van der Waals surface area contributed by atoms with Crippen LogP contribution < -0.4 is 10.6 Å². The van der Waals surface area contributed by atoms with Crippen LogP contribution in [-0.2, 0) is 10.5 Å². The highest BCUT2D eigenvalue weighted by Crippen LogP contribution is 2.14. The van der Waals surface area contributed by atoms with Crippen molar-refractivity contribution in [2.75, 3.05) is 18.1 Å². The summed E-state index contributed by atoms with van der Waals surface area (Å²) in [5.41, 5.74) is 2.35. The van der Waals surface area contributed by atoms with Gasteiger partial charge in [0.05, 0.1) is 5.75 Å². The highest BCUT2D eigenvalue weighted by molar-refractivity contribution is 7.99. The van der Waals surface area contributed by atoms with Crippen LogP contribution in [0.1, 0.15) is 15.9 Å². The maximum absolute atomic E-state index is 11.9. The summed E-state index contributed by atoms with van der Waals surface area (Å²) in [6.45, 7) is 0. The molecule has 2 rings (SSSR count). The fraction of sp³-hybridized carbons (Fsp3) is 0.176. The predicted molar refractivity (Wildman–Crippen MR) is 91.1 cm³/mol. The van der Waals surface area contributed by atoms with E-state index >= 15 is 0 Å². The molecule has 0 aromatic heterocycles. The highest BCUT2D eigenvalue weighted by atomic mass is 32.2. The van der Waals surface area contributed by atoms with Gasteiger partial charge in [0.25, 0.3) is 5.91 Å². The molecule has 4 nitrogen and oxygen atoms in total. The van der Waals surface area contributed by atoms with Crippen molar-refractivity contribution in [3.8, 4) is 0 Å². The molecule has 114 valence electrons. The Bertz CT molecular complexity index is 644. The lowest BCUT2D eigenvalue weighted by atomic mass is 10.2. The third-order valence-corrected chi connectivity index (χ3v) is 3.98. The zero-order valence-electron chi connectivity index (χ0n) is 12.3. The first-order valence-electron chi connectivity index (χ1n) is 6.92. The van der Waals surface area contributed by atoms with E-state index in [-0.39, 0.29) is 11.8 Å². The number of nitrogens with one attached hydrogen (secondary N) is 2. The van der Waals surface area contributed by atoms with Gasteiger partial charge in [0.2, 0.25) is 5.91 Å². The molecular formula is C17H18N2O2S. The Labute approximate surface area is 134 Å². The Morgan fingerprint density at radius 1 is 1.05 bits per heavy atom. The van der Waals surface area contributed by atoms with Crippen LogP contribution in [0.15, 0.2) is 54.6 Å². The maximum Gasteiger partial charge on any atom is 0.251 e. The summed E-state index contributed by atoms with van der Waals surface area (Å²) in [4.78, 5) is 23.5. The lowest BCUT2D eigenvalue weighted by molar-refractivity contribution is -0.113. The molecule has 2 aromatic rings. The van der Waals surface area contributed by atoms with E-state index in [0.29, 0.717) is 17.0 Å². The quantitative estimate of drug-likeness (QED) is 0.862. The molecule has 2 amide bonds. The van der Waals surface area contributed by atoms with E-state index in [0.717, 1.165) is 5.75 Å². The second-order valence-corrected chi connectivity index (χ2v) is 5.67. The van der Waals surface area contributed by atoms with Gasteiger partial charge in [0.1, 0.15) is 0 Å². The number of benzene rings is 2. The first kappa shape index (κ1) is 16.1. The average Bonchev–Trinajstić information content (AvgIpc) is 2.55. The van der Waals surface area contributed by atoms with Crippen molar-refractivity contribution >= 4 is 29.3 Å². The van der Waals surface area contributed by atoms with Crippen molar-refractivity contribution in [3.63, 3.8) is 0 Å². The van der Waals surface area contributed by atoms with Crippen LogP contribution in [0.3, 0.4) is 0 Å². The zero-order chi connectivity index (χ0) is 15.8. The second-order valence-electron chi connectivity index (χ2n) is 4.69. The Hall–Kier alpha value is -2.27. The molecule has 0 heterocycles. The van der Waals surface area contributed by atoms with Gasteiger partial charge >= 0.3 is 0 Å². The van der Waals surface area contributed by atoms with Crippen molar-refractivity contribution in [1.29, 1.82) is 0 Å². The van der Waals surface area contributed by atoms with Crippen LogP contribution in [0, 0.1) is 0 Å². The lowest BCUT2D eigenvalue weighted by Crippen LogP contribution is -2.19. The molecular weight excluding hydrogens is 296 g/mol. The van der Waals surface area contributed by atoms with Crippen molar-refractivity contribution < 1.29 is 9.59 Å². The zero-order valence-corrected chi connectivity index (χ0v) is 13.2. The predicted octanol–water partition coefficient (Wildman–Crippen LogP) is 2.92. The van der Waals surface area contributed by atoms with E-state index in [1.54, 1.807) is 43.1 Å². The van der Waals surface area contributed by atoms with Gasteiger partial charge in [-0.25, -0.2) is 0 Å². The topological polar surface area (TPSA) is 58.2 Å². The van der Waals surface area contributed by atoms with Crippen LogP contribution in [0.4, 0.5) is 5.69 Å². The molecule has 2 N–H and O–H groups in total. The Kier molecular flexibility index (Phi) is 6.03. The number of anilines is 1. The average molecular weight is 314 g/mol. The van der Waals surface area contributed by atoms with E-state index in [9.17, 15) is 9.59 Å². The number of rotatable bonds is 6. The van der Waals surface area contributed by atoms with Crippen LogP contribution >= 0.6 is 11.8 Å². The fourth-order valence-electron chi connectivity index (χ4n) is 1.92. The number of carbonyl (C=O) groups is 2. The summed E-state index contributed by atoms with van der Waals surface area (Å²) in [5, 5.41) is 5.37. The van der Waals surface area contributed by atoms with Gasteiger partial charge in [0, 0.05) is 24.1 Å². The van der Waals surface area contributed by atoms with Gasteiger partial charge in [-0.1, -0.05) is 36.4 Å². The first-order chi connectivity index (χ1) is 10.7. The van der Waals surface area contributed by atoms with E-state index < -0.39 is 0 Å². The minimum absolute atomic E-state index is 0.0741. The minimum Gasteiger partial charge on any atom is -0.355 e. The number of hydrogen-bond acceptors (Lipinski definition) is 3. The van der Waals surface area contributed by atoms with Crippen LogP contribution in [0.2, 0.25) is 0 Å². The fourth-order valence-corrected chi connectivity index (χ4v) is 2.70. The normalized spacial score (nSPS) is 10.0. The molecule has 0 spiro atoms. The largest absolute Gasteiger partial charge is 0.355 e. The van der Waals surface area contributed by atoms with Crippen molar-refractivity contribution in [1.82, 2.24) is 5.32 Å². The Morgan fingerprint density at radius 3 is 2.55 bits per heavy atom. The van der Waals surface area contributed by atoms with Gasteiger partial charge in [-0.15, -0.1) is 11.8 Å². The first-order valence-corrected chi connectivity index (χ1v) is 8.08. The molecule has 0 aliphatic rings. The standard InChI is InChI=1S/C17H18N2O2S/c1-18-17(21)14-8-5-9-15(10-14)19-16(20)12-22-11-13-6-3-2-4-7-13/h2-10H,11-12H2,1H3,(H,18,21)(H,19,20). The summed E-state index contributed by atoms with van der Waals surface area (Å²) in [7, 11) is 1.58. The summed E-state index contributed by atoms with van der Waals surface area (Å²) in [5.74, 6) is 0.926. The molecule has 0 saturated heterocycles. The molecule has 0 fully saturated rings. The van der Waals surface area contributed by atoms with E-state index in [1.165, 1.54) is 5.56 Å². The van der Waals surface area contributed by atoms with Gasteiger partial charge in [-0.05, 0) is 23.8 Å². The molecule has 0 bridgehead atoms. The molecule has 5 heteroatoms. The summed E-state index contributed by atoms with van der Waals surface area (Å²) >= 11 is 1.56. The Morgan fingerprint density at radius 2 is 1.82 bits per heavy atom. The molecule has 0 atom stereocenters. The van der Waals surface area contributed by atoms with E-state index in [1.807, 2.05) is 30.3 Å². The molecule has 0 aliphatic heterocycles. The number of thioether (sulfide) groups is 1. The Balaban J connectivity index is 1.83.